The van der Waals surface area contributed by atoms with E-state index in [-0.39, 0.29) is 17.2 Å². The van der Waals surface area contributed by atoms with E-state index in [9.17, 15) is 19.2 Å². The lowest BCUT2D eigenvalue weighted by atomic mass is 10.0. The third-order valence-corrected chi connectivity index (χ3v) is 6.96. The van der Waals surface area contributed by atoms with Crippen LogP contribution in [-0.4, -0.2) is 59.3 Å². The molecular formula is C32H33N3O6. The molecule has 0 fully saturated rings. The molecule has 1 aromatic heterocycles. The fourth-order valence-corrected chi connectivity index (χ4v) is 4.87. The Kier molecular flexibility index (Phi) is 9.19. The highest BCUT2D eigenvalue weighted by molar-refractivity contribution is 6.45. The van der Waals surface area contributed by atoms with Crippen LogP contribution in [0.25, 0.3) is 22.0 Å². The van der Waals surface area contributed by atoms with Crippen molar-refractivity contribution in [2.75, 3.05) is 26.3 Å². The van der Waals surface area contributed by atoms with Crippen LogP contribution in [-0.2, 0) is 25.7 Å². The van der Waals surface area contributed by atoms with Crippen LogP contribution in [0.5, 0.6) is 5.75 Å². The van der Waals surface area contributed by atoms with Crippen LogP contribution in [0.15, 0.2) is 72.8 Å². The van der Waals surface area contributed by atoms with Crippen molar-refractivity contribution in [1.82, 2.24) is 9.47 Å². The fraction of sp³-hybridized carbons (Fsp3) is 0.250. The Labute approximate surface area is 238 Å². The molecule has 0 spiro atoms. The van der Waals surface area contributed by atoms with Crippen molar-refractivity contribution in [3.05, 3.63) is 89.6 Å². The maximum atomic E-state index is 13.0. The summed E-state index contributed by atoms with van der Waals surface area (Å²) in [6.45, 7) is 5.97. The van der Waals surface area contributed by atoms with E-state index in [1.807, 2.05) is 73.0 Å². The number of hydrogen-bond donors (Lipinski definition) is 1. The number of ether oxygens (including phenoxy) is 2. The number of aromatic nitrogens is 1. The van der Waals surface area contributed by atoms with E-state index in [1.165, 1.54) is 0 Å². The summed E-state index contributed by atoms with van der Waals surface area (Å²) >= 11 is 0. The minimum Gasteiger partial charge on any atom is -0.481 e. The van der Waals surface area contributed by atoms with Gasteiger partial charge >= 0.3 is 5.97 Å². The summed E-state index contributed by atoms with van der Waals surface area (Å²) in [5.41, 5.74) is 9.82. The molecule has 0 aliphatic heterocycles. The number of carbonyl (C=O) groups excluding carboxylic acids is 4. The fourth-order valence-electron chi connectivity index (χ4n) is 4.87. The van der Waals surface area contributed by atoms with Crippen molar-refractivity contribution in [1.29, 1.82) is 0 Å². The molecule has 0 atom stereocenters. The normalized spacial score (nSPS) is 10.8. The Morgan fingerprint density at radius 2 is 1.54 bits per heavy atom. The highest BCUT2D eigenvalue weighted by atomic mass is 16.6. The second kappa shape index (κ2) is 13.0. The van der Waals surface area contributed by atoms with E-state index in [4.69, 9.17) is 15.2 Å². The van der Waals surface area contributed by atoms with Gasteiger partial charge in [-0.2, -0.15) is 0 Å². The van der Waals surface area contributed by atoms with Crippen LogP contribution in [0.1, 0.15) is 35.5 Å². The average Bonchev–Trinajstić information content (AvgIpc) is 3.26. The van der Waals surface area contributed by atoms with Gasteiger partial charge in [-0.05, 0) is 55.7 Å². The summed E-state index contributed by atoms with van der Waals surface area (Å²) in [5.74, 6) is -2.77. The number of rotatable bonds is 12. The number of nitrogens with zero attached hydrogens (tertiary/aromatic N) is 2. The first kappa shape index (κ1) is 29.1. The number of benzene rings is 3. The smallest absolute Gasteiger partial charge is 0.344 e. The van der Waals surface area contributed by atoms with Gasteiger partial charge in [0, 0.05) is 25.3 Å². The van der Waals surface area contributed by atoms with E-state index < -0.39 is 30.9 Å². The zero-order valence-corrected chi connectivity index (χ0v) is 23.4. The predicted octanol–water partition coefficient (Wildman–Crippen LogP) is 4.12. The van der Waals surface area contributed by atoms with E-state index in [2.05, 4.69) is 6.07 Å². The molecule has 9 heteroatoms. The Bertz CT molecular complexity index is 1590. The van der Waals surface area contributed by atoms with Crippen LogP contribution in [0, 0.1) is 6.92 Å². The number of Topliss-reactive ketones (excluding diaryl/α,β-unsaturated/α-hetero) is 1. The molecule has 0 aliphatic carbocycles. The molecular weight excluding hydrogens is 522 g/mol. The van der Waals surface area contributed by atoms with E-state index >= 15 is 0 Å². The summed E-state index contributed by atoms with van der Waals surface area (Å²) in [4.78, 5) is 51.1. The second-order valence-electron chi connectivity index (χ2n) is 9.47. The molecule has 0 aliphatic rings. The lowest BCUT2D eigenvalue weighted by Gasteiger charge is -2.18. The number of amides is 2. The molecule has 0 bridgehead atoms. The molecule has 41 heavy (non-hydrogen) atoms. The Morgan fingerprint density at radius 1 is 0.854 bits per heavy atom. The quantitative estimate of drug-likeness (QED) is 0.159. The lowest BCUT2D eigenvalue weighted by Crippen LogP contribution is -2.34. The van der Waals surface area contributed by atoms with E-state index in [0.717, 1.165) is 16.7 Å². The first-order valence-electron chi connectivity index (χ1n) is 13.4. The molecule has 0 unspecified atom stereocenters. The highest BCUT2D eigenvalue weighted by Gasteiger charge is 2.26. The first-order valence-corrected chi connectivity index (χ1v) is 13.4. The van der Waals surface area contributed by atoms with Crippen LogP contribution < -0.4 is 10.5 Å². The van der Waals surface area contributed by atoms with Crippen LogP contribution in [0.3, 0.4) is 0 Å². The van der Waals surface area contributed by atoms with Gasteiger partial charge in [0.25, 0.3) is 17.6 Å². The molecule has 0 radical (unpaired) electrons. The maximum absolute atomic E-state index is 13.0. The summed E-state index contributed by atoms with van der Waals surface area (Å²) in [7, 11) is 0. The third-order valence-electron chi connectivity index (χ3n) is 6.96. The number of fused-ring (bicyclic) bond motifs is 1. The van der Waals surface area contributed by atoms with Gasteiger partial charge in [-0.25, -0.2) is 4.79 Å². The number of ketones is 1. The van der Waals surface area contributed by atoms with Gasteiger partial charge in [0.15, 0.2) is 13.2 Å². The molecule has 2 amide bonds. The molecule has 0 saturated carbocycles. The molecule has 3 aromatic carbocycles. The minimum absolute atomic E-state index is 0.118. The van der Waals surface area contributed by atoms with Crippen molar-refractivity contribution in [2.24, 2.45) is 5.73 Å². The van der Waals surface area contributed by atoms with Gasteiger partial charge in [-0.3, -0.25) is 14.4 Å². The van der Waals surface area contributed by atoms with Crippen molar-refractivity contribution in [3.63, 3.8) is 0 Å². The third kappa shape index (κ3) is 6.46. The van der Waals surface area contributed by atoms with Crippen LogP contribution >= 0.6 is 0 Å². The molecule has 0 saturated heterocycles. The highest BCUT2D eigenvalue weighted by Crippen LogP contribution is 2.35. The number of carbonyl (C=O) groups is 4. The Balaban J connectivity index is 1.64. The van der Waals surface area contributed by atoms with Crippen LogP contribution in [0.2, 0.25) is 0 Å². The summed E-state index contributed by atoms with van der Waals surface area (Å²) in [5, 5.41) is 0.375. The van der Waals surface area contributed by atoms with Gasteiger partial charge in [-0.15, -0.1) is 0 Å². The van der Waals surface area contributed by atoms with Gasteiger partial charge in [-0.1, -0.05) is 54.6 Å². The number of hydrogen-bond acceptors (Lipinski definition) is 6. The van der Waals surface area contributed by atoms with E-state index in [0.29, 0.717) is 36.2 Å². The molecule has 4 rings (SSSR count). The summed E-state index contributed by atoms with van der Waals surface area (Å²) in [6, 6.07) is 23.2. The average molecular weight is 556 g/mol. The molecule has 9 nitrogen and oxygen atoms in total. The van der Waals surface area contributed by atoms with Gasteiger partial charge in [0.05, 0.1) is 16.5 Å². The zero-order chi connectivity index (χ0) is 29.5. The zero-order valence-electron chi connectivity index (χ0n) is 23.4. The number of likely N-dealkylation sites (N-methyl/N-ethyl adjacent to an activating group) is 1. The lowest BCUT2D eigenvalue weighted by molar-refractivity contribution is -0.153. The van der Waals surface area contributed by atoms with Crippen molar-refractivity contribution < 1.29 is 28.7 Å². The first-order chi connectivity index (χ1) is 19.7. The standard InChI is InChI=1S/C32H33N3O6/c1-4-34(5-2)27(36)19-41-28(37)20-40-26-16-10-15-25-30(26)29(31(38)32(33)39)21(3)35(25)18-22-11-9-14-24(17-22)23-12-7-6-8-13-23/h6-17H,4-5,18-20H2,1-3H3,(H2,33,39). The van der Waals surface area contributed by atoms with Gasteiger partial charge in [0.1, 0.15) is 5.75 Å². The van der Waals surface area contributed by atoms with Crippen molar-refractivity contribution in [3.8, 4) is 16.9 Å². The Morgan fingerprint density at radius 3 is 2.22 bits per heavy atom. The number of nitrogens with two attached hydrogens (primary N) is 1. The monoisotopic (exact) mass is 555 g/mol. The summed E-state index contributed by atoms with van der Waals surface area (Å²) in [6.07, 6.45) is 0. The maximum Gasteiger partial charge on any atom is 0.344 e. The summed E-state index contributed by atoms with van der Waals surface area (Å²) < 4.78 is 12.8. The Hall–Kier alpha value is -4.92. The number of esters is 1. The number of primary amides is 1. The van der Waals surface area contributed by atoms with Gasteiger partial charge < -0.3 is 24.7 Å². The largest absolute Gasteiger partial charge is 0.481 e. The topological polar surface area (TPSA) is 121 Å². The SMILES string of the molecule is CCN(CC)C(=O)COC(=O)COc1cccc2c1c(C(=O)C(N)=O)c(C)n2Cc1cccc(-c2ccccc2)c1. The molecule has 4 aromatic rings. The van der Waals surface area contributed by atoms with Crippen LogP contribution in [0.4, 0.5) is 0 Å². The second-order valence-corrected chi connectivity index (χ2v) is 9.47. The molecule has 1 heterocycles. The van der Waals surface area contributed by atoms with Crippen molar-refractivity contribution in [2.45, 2.75) is 27.3 Å². The minimum atomic E-state index is -1.10. The van der Waals surface area contributed by atoms with Crippen molar-refractivity contribution >= 4 is 34.5 Å². The molecule has 212 valence electrons. The molecule has 2 N–H and O–H groups in total. The van der Waals surface area contributed by atoms with E-state index in [1.54, 1.807) is 24.0 Å². The van der Waals surface area contributed by atoms with Gasteiger partial charge in [0.2, 0.25) is 0 Å². The predicted molar refractivity (Wildman–Crippen MR) is 156 cm³/mol.